The monoisotopic (exact) mass is 224 g/mol. The molecule has 1 atom stereocenters. The maximum atomic E-state index is 13.0. The van der Waals surface area contributed by atoms with Gasteiger partial charge in [-0.15, -0.1) is 0 Å². The van der Waals surface area contributed by atoms with Crippen molar-refractivity contribution in [1.29, 1.82) is 0 Å². The van der Waals surface area contributed by atoms with Crippen molar-refractivity contribution >= 4 is 6.09 Å². The molecule has 0 spiro atoms. The van der Waals surface area contributed by atoms with Crippen LogP contribution in [-0.4, -0.2) is 35.7 Å². The van der Waals surface area contributed by atoms with E-state index in [1.54, 1.807) is 12.1 Å². The Morgan fingerprint density at radius 2 is 2.38 bits per heavy atom. The van der Waals surface area contributed by atoms with Gasteiger partial charge < -0.3 is 15.3 Å². The van der Waals surface area contributed by atoms with Crippen LogP contribution in [0.2, 0.25) is 0 Å². The zero-order valence-electron chi connectivity index (χ0n) is 8.69. The summed E-state index contributed by atoms with van der Waals surface area (Å²) in [6.07, 6.45) is -0.928. The van der Waals surface area contributed by atoms with Gasteiger partial charge in [0.15, 0.2) is 0 Å². The summed E-state index contributed by atoms with van der Waals surface area (Å²) < 4.78 is 13.0. The number of rotatable bonds is 1. The topological polar surface area (TPSA) is 52.6 Å². The highest BCUT2D eigenvalue weighted by Crippen LogP contribution is 2.18. The molecule has 1 saturated heterocycles. The number of hydrogen-bond acceptors (Lipinski definition) is 2. The van der Waals surface area contributed by atoms with Gasteiger partial charge in [0.05, 0.1) is 6.04 Å². The maximum absolute atomic E-state index is 13.0. The molecule has 86 valence electrons. The van der Waals surface area contributed by atoms with Crippen molar-refractivity contribution in [1.82, 2.24) is 10.2 Å². The molecule has 1 aliphatic rings. The second kappa shape index (κ2) is 4.49. The van der Waals surface area contributed by atoms with Crippen LogP contribution in [0.4, 0.5) is 9.18 Å². The number of amides is 1. The Morgan fingerprint density at radius 1 is 1.56 bits per heavy atom. The third kappa shape index (κ3) is 2.30. The van der Waals surface area contributed by atoms with Crippen LogP contribution in [0.3, 0.4) is 0 Å². The van der Waals surface area contributed by atoms with E-state index in [9.17, 15) is 9.18 Å². The fourth-order valence-corrected chi connectivity index (χ4v) is 1.87. The molecule has 1 heterocycles. The quantitative estimate of drug-likeness (QED) is 0.759. The molecule has 0 bridgehead atoms. The van der Waals surface area contributed by atoms with E-state index in [0.29, 0.717) is 19.6 Å². The number of nitrogens with zero attached hydrogens (tertiary/aromatic N) is 1. The van der Waals surface area contributed by atoms with Crippen LogP contribution in [-0.2, 0) is 0 Å². The molecule has 0 aliphatic carbocycles. The summed E-state index contributed by atoms with van der Waals surface area (Å²) >= 11 is 0. The van der Waals surface area contributed by atoms with Crippen LogP contribution >= 0.6 is 0 Å². The molecule has 1 aliphatic heterocycles. The first-order valence-corrected chi connectivity index (χ1v) is 5.13. The number of hydrogen-bond donors (Lipinski definition) is 2. The van der Waals surface area contributed by atoms with E-state index in [0.717, 1.165) is 5.56 Å². The van der Waals surface area contributed by atoms with E-state index < -0.39 is 6.09 Å². The maximum Gasteiger partial charge on any atom is 0.407 e. The molecule has 2 N–H and O–H groups in total. The first kappa shape index (κ1) is 10.9. The second-order valence-electron chi connectivity index (χ2n) is 3.79. The van der Waals surface area contributed by atoms with Gasteiger partial charge in [-0.1, -0.05) is 12.1 Å². The molecule has 0 aromatic heterocycles. The van der Waals surface area contributed by atoms with E-state index in [1.165, 1.54) is 17.0 Å². The molecule has 16 heavy (non-hydrogen) atoms. The van der Waals surface area contributed by atoms with Gasteiger partial charge in [-0.2, -0.15) is 0 Å². The number of benzene rings is 1. The van der Waals surface area contributed by atoms with E-state index in [2.05, 4.69) is 5.32 Å². The van der Waals surface area contributed by atoms with Crippen molar-refractivity contribution < 1.29 is 14.3 Å². The minimum atomic E-state index is -0.928. The van der Waals surface area contributed by atoms with Crippen LogP contribution < -0.4 is 5.32 Å². The van der Waals surface area contributed by atoms with Crippen molar-refractivity contribution in [2.24, 2.45) is 0 Å². The predicted molar refractivity (Wildman–Crippen MR) is 56.7 cm³/mol. The van der Waals surface area contributed by atoms with Crippen molar-refractivity contribution in [2.75, 3.05) is 19.6 Å². The Labute approximate surface area is 92.7 Å². The number of carboxylic acid groups (broad SMARTS) is 1. The van der Waals surface area contributed by atoms with Gasteiger partial charge >= 0.3 is 6.09 Å². The third-order valence-corrected chi connectivity index (χ3v) is 2.70. The van der Waals surface area contributed by atoms with E-state index >= 15 is 0 Å². The largest absolute Gasteiger partial charge is 0.465 e. The lowest BCUT2D eigenvalue weighted by Crippen LogP contribution is -2.47. The summed E-state index contributed by atoms with van der Waals surface area (Å²) in [7, 11) is 0. The van der Waals surface area contributed by atoms with Gasteiger partial charge in [-0.25, -0.2) is 9.18 Å². The zero-order valence-corrected chi connectivity index (χ0v) is 8.69. The van der Waals surface area contributed by atoms with Gasteiger partial charge in [0.25, 0.3) is 0 Å². The molecule has 2 rings (SSSR count). The Morgan fingerprint density at radius 3 is 3.06 bits per heavy atom. The molecule has 1 aromatic carbocycles. The van der Waals surface area contributed by atoms with Crippen molar-refractivity contribution in [3.05, 3.63) is 35.6 Å². The molecule has 5 heteroatoms. The molecule has 4 nitrogen and oxygen atoms in total. The highest BCUT2D eigenvalue weighted by molar-refractivity contribution is 5.65. The van der Waals surface area contributed by atoms with Crippen LogP contribution in [0.5, 0.6) is 0 Å². The molecule has 0 unspecified atom stereocenters. The van der Waals surface area contributed by atoms with Gasteiger partial charge in [0.1, 0.15) is 5.82 Å². The highest BCUT2D eigenvalue weighted by atomic mass is 19.1. The lowest BCUT2D eigenvalue weighted by molar-refractivity contribution is 0.129. The molecule has 0 radical (unpaired) electrons. The number of piperazine rings is 1. The summed E-state index contributed by atoms with van der Waals surface area (Å²) in [5.41, 5.74) is 0.783. The fraction of sp³-hybridized carbons (Fsp3) is 0.364. The molecule has 0 saturated carbocycles. The van der Waals surface area contributed by atoms with Gasteiger partial charge in [-0.05, 0) is 17.7 Å². The Kier molecular flexibility index (Phi) is 3.05. The van der Waals surface area contributed by atoms with Crippen molar-refractivity contribution in [3.63, 3.8) is 0 Å². The number of nitrogens with one attached hydrogen (secondary N) is 1. The second-order valence-corrected chi connectivity index (χ2v) is 3.79. The lowest BCUT2D eigenvalue weighted by atomic mass is 10.0. The van der Waals surface area contributed by atoms with Gasteiger partial charge in [0.2, 0.25) is 0 Å². The summed E-state index contributed by atoms with van der Waals surface area (Å²) in [4.78, 5) is 12.2. The first-order valence-electron chi connectivity index (χ1n) is 5.13. The number of carbonyl (C=O) groups is 1. The summed E-state index contributed by atoms with van der Waals surface area (Å²) in [6.45, 7) is 1.42. The van der Waals surface area contributed by atoms with Crippen LogP contribution in [0, 0.1) is 5.82 Å². The Bertz CT molecular complexity index is 397. The fourth-order valence-electron chi connectivity index (χ4n) is 1.87. The zero-order chi connectivity index (χ0) is 11.5. The summed E-state index contributed by atoms with van der Waals surface area (Å²) in [5.74, 6) is -0.299. The molecule has 1 amide bonds. The van der Waals surface area contributed by atoms with E-state index in [-0.39, 0.29) is 11.9 Å². The first-order chi connectivity index (χ1) is 7.66. The summed E-state index contributed by atoms with van der Waals surface area (Å²) in [6, 6.07) is 6.11. The average Bonchev–Trinajstić information content (AvgIpc) is 2.29. The molecular weight excluding hydrogens is 211 g/mol. The lowest BCUT2D eigenvalue weighted by Gasteiger charge is -2.32. The number of halogens is 1. The Balaban J connectivity index is 2.12. The Hall–Kier alpha value is -1.62. The van der Waals surface area contributed by atoms with E-state index in [1.807, 2.05) is 0 Å². The van der Waals surface area contributed by atoms with Crippen molar-refractivity contribution in [2.45, 2.75) is 6.04 Å². The van der Waals surface area contributed by atoms with Gasteiger partial charge in [-0.3, -0.25) is 0 Å². The minimum Gasteiger partial charge on any atom is -0.465 e. The normalized spacial score (nSPS) is 20.8. The molecule has 1 fully saturated rings. The van der Waals surface area contributed by atoms with Crippen LogP contribution in [0.25, 0.3) is 0 Å². The standard InChI is InChI=1S/C11H13FN2O2/c12-9-3-1-2-8(6-9)10-7-14(11(15)16)5-4-13-10/h1-3,6,10,13H,4-5,7H2,(H,15,16)/t10-/m1/s1. The molecule has 1 aromatic rings. The van der Waals surface area contributed by atoms with E-state index in [4.69, 9.17) is 5.11 Å². The highest BCUT2D eigenvalue weighted by Gasteiger charge is 2.23. The van der Waals surface area contributed by atoms with Crippen LogP contribution in [0.1, 0.15) is 11.6 Å². The average molecular weight is 224 g/mol. The minimum absolute atomic E-state index is 0.124. The molecular formula is C11H13FN2O2. The predicted octanol–water partition coefficient (Wildman–Crippen LogP) is 1.45. The van der Waals surface area contributed by atoms with Crippen LogP contribution in [0.15, 0.2) is 24.3 Å². The van der Waals surface area contributed by atoms with Gasteiger partial charge in [0, 0.05) is 19.6 Å². The van der Waals surface area contributed by atoms with Crippen molar-refractivity contribution in [3.8, 4) is 0 Å². The smallest absolute Gasteiger partial charge is 0.407 e. The summed E-state index contributed by atoms with van der Waals surface area (Å²) in [5, 5.41) is 12.1. The SMILES string of the molecule is O=C(O)N1CCN[C@@H](c2cccc(F)c2)C1. The third-order valence-electron chi connectivity index (χ3n) is 2.70.